The van der Waals surface area contributed by atoms with E-state index in [2.05, 4.69) is 15.1 Å². The van der Waals surface area contributed by atoms with E-state index in [-0.39, 0.29) is 11.9 Å². The third-order valence-electron chi connectivity index (χ3n) is 4.33. The normalized spacial score (nSPS) is 21.5. The monoisotopic (exact) mass is 318 g/mol. The van der Waals surface area contributed by atoms with Crippen LogP contribution in [0.2, 0.25) is 0 Å². The number of carbonyl (C=O) groups is 1. The third kappa shape index (κ3) is 2.77. The standard InChI is InChI=1S/C15H18N4O2S/c20-13(6-5-11-8-22-9-16-11)19-7-1-2-12(19)14-17-15(21-18-14)10-3-4-10/h8-10,12H,1-7H2/t12-/m1/s1. The molecule has 2 aromatic rings. The van der Waals surface area contributed by atoms with E-state index < -0.39 is 0 Å². The predicted octanol–water partition coefficient (Wildman–Crippen LogP) is 2.70. The molecule has 2 fully saturated rings. The van der Waals surface area contributed by atoms with E-state index >= 15 is 0 Å². The largest absolute Gasteiger partial charge is 0.339 e. The lowest BCUT2D eigenvalue weighted by molar-refractivity contribution is -0.132. The van der Waals surface area contributed by atoms with Gasteiger partial charge < -0.3 is 9.42 Å². The molecular formula is C15H18N4O2S. The molecule has 7 heteroatoms. The molecule has 1 amide bonds. The van der Waals surface area contributed by atoms with Gasteiger partial charge in [0.25, 0.3) is 0 Å². The van der Waals surface area contributed by atoms with Crippen LogP contribution in [0.3, 0.4) is 0 Å². The highest BCUT2D eigenvalue weighted by Crippen LogP contribution is 2.40. The second-order valence-corrected chi connectivity index (χ2v) is 6.71. The molecule has 22 heavy (non-hydrogen) atoms. The van der Waals surface area contributed by atoms with E-state index in [1.54, 1.807) is 16.8 Å². The minimum atomic E-state index is -0.0146. The van der Waals surface area contributed by atoms with Crippen molar-refractivity contribution in [1.29, 1.82) is 0 Å². The van der Waals surface area contributed by atoms with Gasteiger partial charge in [-0.1, -0.05) is 5.16 Å². The summed E-state index contributed by atoms with van der Waals surface area (Å²) in [5, 5.41) is 6.11. The molecule has 0 spiro atoms. The Bertz CT molecular complexity index is 650. The lowest BCUT2D eigenvalue weighted by atomic mass is 10.2. The number of aryl methyl sites for hydroxylation is 1. The Morgan fingerprint density at radius 3 is 3.09 bits per heavy atom. The van der Waals surface area contributed by atoms with Gasteiger partial charge in [0.05, 0.1) is 17.2 Å². The zero-order valence-corrected chi connectivity index (χ0v) is 13.1. The van der Waals surface area contributed by atoms with E-state index in [1.807, 2.05) is 10.3 Å². The van der Waals surface area contributed by atoms with E-state index in [1.165, 1.54) is 0 Å². The van der Waals surface area contributed by atoms with Gasteiger partial charge in [-0.2, -0.15) is 4.98 Å². The van der Waals surface area contributed by atoms with Crippen molar-refractivity contribution in [3.8, 4) is 0 Å². The highest BCUT2D eigenvalue weighted by Gasteiger charge is 2.35. The number of carbonyl (C=O) groups excluding carboxylic acids is 1. The van der Waals surface area contributed by atoms with Crippen LogP contribution >= 0.6 is 11.3 Å². The van der Waals surface area contributed by atoms with E-state index in [0.717, 1.165) is 43.8 Å². The van der Waals surface area contributed by atoms with Crippen molar-refractivity contribution in [2.45, 2.75) is 50.5 Å². The summed E-state index contributed by atoms with van der Waals surface area (Å²) in [6.07, 6.45) is 5.40. The molecule has 4 rings (SSSR count). The van der Waals surface area contributed by atoms with Gasteiger partial charge in [-0.15, -0.1) is 11.3 Å². The first-order valence-electron chi connectivity index (χ1n) is 7.81. The van der Waals surface area contributed by atoms with Crippen LogP contribution in [0.5, 0.6) is 0 Å². The summed E-state index contributed by atoms with van der Waals surface area (Å²) in [5.41, 5.74) is 2.79. The minimum absolute atomic E-state index is 0.0146. The fraction of sp³-hybridized carbons (Fsp3) is 0.600. The molecule has 3 heterocycles. The van der Waals surface area contributed by atoms with Gasteiger partial charge in [0.2, 0.25) is 11.8 Å². The summed E-state index contributed by atoms with van der Waals surface area (Å²) in [6, 6.07) is -0.0146. The van der Waals surface area contributed by atoms with Crippen molar-refractivity contribution in [2.75, 3.05) is 6.54 Å². The van der Waals surface area contributed by atoms with Crippen molar-refractivity contribution in [3.63, 3.8) is 0 Å². The van der Waals surface area contributed by atoms with Crippen LogP contribution in [-0.4, -0.2) is 32.5 Å². The smallest absolute Gasteiger partial charge is 0.229 e. The lowest BCUT2D eigenvalue weighted by Gasteiger charge is -2.22. The van der Waals surface area contributed by atoms with Gasteiger partial charge in [0.1, 0.15) is 0 Å². The second kappa shape index (κ2) is 5.79. The Labute approximate surface area is 132 Å². The van der Waals surface area contributed by atoms with Gasteiger partial charge in [-0.05, 0) is 32.1 Å². The molecule has 0 unspecified atom stereocenters. The van der Waals surface area contributed by atoms with Crippen LogP contribution in [0.1, 0.15) is 61.5 Å². The summed E-state index contributed by atoms with van der Waals surface area (Å²) >= 11 is 1.56. The molecule has 1 aliphatic heterocycles. The molecule has 0 radical (unpaired) electrons. The Balaban J connectivity index is 1.42. The van der Waals surface area contributed by atoms with Gasteiger partial charge in [-0.3, -0.25) is 4.79 Å². The first-order chi connectivity index (χ1) is 10.8. The van der Waals surface area contributed by atoms with Crippen molar-refractivity contribution < 1.29 is 9.32 Å². The molecule has 1 aliphatic carbocycles. The minimum Gasteiger partial charge on any atom is -0.339 e. The first kappa shape index (κ1) is 13.9. The van der Waals surface area contributed by atoms with Gasteiger partial charge in [0, 0.05) is 24.3 Å². The van der Waals surface area contributed by atoms with E-state index in [9.17, 15) is 4.79 Å². The number of aromatic nitrogens is 3. The second-order valence-electron chi connectivity index (χ2n) is 5.99. The number of hydrogen-bond donors (Lipinski definition) is 0. The van der Waals surface area contributed by atoms with Crippen molar-refractivity contribution in [1.82, 2.24) is 20.0 Å². The van der Waals surface area contributed by atoms with Crippen molar-refractivity contribution in [2.24, 2.45) is 0 Å². The third-order valence-corrected chi connectivity index (χ3v) is 4.97. The summed E-state index contributed by atoms with van der Waals surface area (Å²) < 4.78 is 5.34. The first-order valence-corrected chi connectivity index (χ1v) is 8.75. The summed E-state index contributed by atoms with van der Waals surface area (Å²) in [4.78, 5) is 23.1. The maximum absolute atomic E-state index is 12.5. The molecule has 0 N–H and O–H groups in total. The zero-order valence-electron chi connectivity index (χ0n) is 12.3. The van der Waals surface area contributed by atoms with Crippen LogP contribution < -0.4 is 0 Å². The molecule has 0 bridgehead atoms. The van der Waals surface area contributed by atoms with Crippen LogP contribution in [0.25, 0.3) is 0 Å². The van der Waals surface area contributed by atoms with Crippen LogP contribution in [-0.2, 0) is 11.2 Å². The number of nitrogens with zero attached hydrogens (tertiary/aromatic N) is 4. The summed E-state index contributed by atoms with van der Waals surface area (Å²) in [6.45, 7) is 0.786. The van der Waals surface area contributed by atoms with Crippen LogP contribution in [0, 0.1) is 0 Å². The van der Waals surface area contributed by atoms with E-state index in [0.29, 0.717) is 24.6 Å². The molecule has 1 saturated heterocycles. The fourth-order valence-corrected chi connectivity index (χ4v) is 3.54. The highest BCUT2D eigenvalue weighted by atomic mass is 32.1. The zero-order chi connectivity index (χ0) is 14.9. The number of likely N-dealkylation sites (tertiary alicyclic amines) is 1. The average molecular weight is 318 g/mol. The molecule has 2 aliphatic rings. The Morgan fingerprint density at radius 1 is 1.41 bits per heavy atom. The molecule has 6 nitrogen and oxygen atoms in total. The lowest BCUT2D eigenvalue weighted by Crippen LogP contribution is -2.31. The van der Waals surface area contributed by atoms with Crippen molar-refractivity contribution >= 4 is 17.2 Å². The van der Waals surface area contributed by atoms with Gasteiger partial charge in [-0.25, -0.2) is 4.98 Å². The van der Waals surface area contributed by atoms with Crippen molar-refractivity contribution in [3.05, 3.63) is 28.3 Å². The summed E-state index contributed by atoms with van der Waals surface area (Å²) in [5.74, 6) is 2.04. The SMILES string of the molecule is O=C(CCc1cscn1)N1CCC[C@@H]1c1noc(C2CC2)n1. The van der Waals surface area contributed by atoms with Crippen LogP contribution in [0.15, 0.2) is 15.4 Å². The predicted molar refractivity (Wildman–Crippen MR) is 80.4 cm³/mol. The quantitative estimate of drug-likeness (QED) is 0.847. The summed E-state index contributed by atoms with van der Waals surface area (Å²) in [7, 11) is 0. The molecule has 1 saturated carbocycles. The molecule has 1 atom stereocenters. The topological polar surface area (TPSA) is 72.1 Å². The Hall–Kier alpha value is -1.76. The van der Waals surface area contributed by atoms with Gasteiger partial charge >= 0.3 is 0 Å². The molecule has 0 aromatic carbocycles. The maximum atomic E-state index is 12.5. The number of thiazole rings is 1. The number of hydrogen-bond acceptors (Lipinski definition) is 6. The molecule has 2 aromatic heterocycles. The Morgan fingerprint density at radius 2 is 2.32 bits per heavy atom. The van der Waals surface area contributed by atoms with E-state index in [4.69, 9.17) is 4.52 Å². The maximum Gasteiger partial charge on any atom is 0.229 e. The number of amides is 1. The fourth-order valence-electron chi connectivity index (χ4n) is 2.95. The average Bonchev–Trinajstić information content (AvgIpc) is 3.02. The highest BCUT2D eigenvalue weighted by molar-refractivity contribution is 7.07. The molecular weight excluding hydrogens is 300 g/mol. The molecule has 116 valence electrons. The van der Waals surface area contributed by atoms with Crippen LogP contribution in [0.4, 0.5) is 0 Å². The van der Waals surface area contributed by atoms with Gasteiger partial charge in [0.15, 0.2) is 5.82 Å². The Kier molecular flexibility index (Phi) is 3.65. The number of rotatable bonds is 5.